The van der Waals surface area contributed by atoms with Crippen molar-refractivity contribution in [2.75, 3.05) is 32.0 Å². The van der Waals surface area contributed by atoms with Gasteiger partial charge >= 0.3 is 0 Å². The first kappa shape index (κ1) is 18.0. The Morgan fingerprint density at radius 2 is 2.24 bits per heavy atom. The van der Waals surface area contributed by atoms with Crippen molar-refractivity contribution in [2.45, 2.75) is 32.2 Å². The minimum atomic E-state index is 0. The molecule has 2 rings (SSSR count). The van der Waals surface area contributed by atoms with Gasteiger partial charge in [0.05, 0.1) is 6.54 Å². The zero-order valence-corrected chi connectivity index (χ0v) is 13.9. The summed E-state index contributed by atoms with van der Waals surface area (Å²) < 4.78 is 0. The van der Waals surface area contributed by atoms with E-state index in [-0.39, 0.29) is 18.3 Å². The van der Waals surface area contributed by atoms with Gasteiger partial charge in [-0.2, -0.15) is 0 Å². The molecule has 0 aliphatic carbocycles. The average Bonchev–Trinajstić information content (AvgIpc) is 2.92. The molecule has 118 valence electrons. The van der Waals surface area contributed by atoms with Crippen molar-refractivity contribution >= 4 is 24.0 Å². The standard InChI is InChI=1S/C16H25N3O.ClH/c1-12(2)13-5-4-6-14(9-13)18-16(20)11-19(3)15-7-8-17-10-15;/h4-6,9,12,15,17H,7-8,10-11H2,1-3H3,(H,18,20);1H. The summed E-state index contributed by atoms with van der Waals surface area (Å²) in [5, 5.41) is 6.31. The Kier molecular flexibility index (Phi) is 7.15. The number of likely N-dealkylation sites (N-methyl/N-ethyl adjacent to an activating group) is 1. The third-order valence-corrected chi connectivity index (χ3v) is 3.89. The molecule has 1 atom stereocenters. The van der Waals surface area contributed by atoms with Gasteiger partial charge in [0.1, 0.15) is 0 Å². The maximum absolute atomic E-state index is 12.1. The number of nitrogens with zero attached hydrogens (tertiary/aromatic N) is 1. The maximum Gasteiger partial charge on any atom is 0.238 e. The van der Waals surface area contributed by atoms with E-state index in [9.17, 15) is 4.79 Å². The molecule has 1 aliphatic rings. The van der Waals surface area contributed by atoms with Gasteiger partial charge in [0.2, 0.25) is 5.91 Å². The van der Waals surface area contributed by atoms with Gasteiger partial charge in [0.25, 0.3) is 0 Å². The number of halogens is 1. The molecule has 1 unspecified atom stereocenters. The SMILES string of the molecule is CC(C)c1cccc(NC(=O)CN(C)C2CCNC2)c1.Cl. The molecule has 1 saturated heterocycles. The van der Waals surface area contributed by atoms with Crippen molar-refractivity contribution in [1.29, 1.82) is 0 Å². The fourth-order valence-electron chi connectivity index (χ4n) is 2.55. The van der Waals surface area contributed by atoms with Crippen LogP contribution in [-0.4, -0.2) is 43.5 Å². The summed E-state index contributed by atoms with van der Waals surface area (Å²) in [6, 6.07) is 8.56. The van der Waals surface area contributed by atoms with Crippen LogP contribution in [0.3, 0.4) is 0 Å². The Morgan fingerprint density at radius 3 is 2.86 bits per heavy atom. The molecule has 0 aromatic heterocycles. The second-order valence-corrected chi connectivity index (χ2v) is 5.89. The van der Waals surface area contributed by atoms with Crippen LogP contribution >= 0.6 is 12.4 Å². The fraction of sp³-hybridized carbons (Fsp3) is 0.562. The first-order chi connectivity index (χ1) is 9.56. The minimum Gasteiger partial charge on any atom is -0.325 e. The van der Waals surface area contributed by atoms with Crippen LogP contribution < -0.4 is 10.6 Å². The molecular formula is C16H26ClN3O. The largest absolute Gasteiger partial charge is 0.325 e. The van der Waals surface area contributed by atoms with Crippen LogP contribution in [0.25, 0.3) is 0 Å². The van der Waals surface area contributed by atoms with E-state index in [1.54, 1.807) is 0 Å². The highest BCUT2D eigenvalue weighted by atomic mass is 35.5. The molecule has 1 aromatic carbocycles. The lowest BCUT2D eigenvalue weighted by atomic mass is 10.0. The lowest BCUT2D eigenvalue weighted by molar-refractivity contribution is -0.117. The first-order valence-electron chi connectivity index (χ1n) is 7.37. The second-order valence-electron chi connectivity index (χ2n) is 5.89. The summed E-state index contributed by atoms with van der Waals surface area (Å²) in [4.78, 5) is 14.2. The van der Waals surface area contributed by atoms with Crippen molar-refractivity contribution in [3.8, 4) is 0 Å². The Bertz CT molecular complexity index is 459. The van der Waals surface area contributed by atoms with E-state index in [1.807, 2.05) is 19.2 Å². The maximum atomic E-state index is 12.1. The number of carbonyl (C=O) groups is 1. The van der Waals surface area contributed by atoms with Crippen LogP contribution in [0, 0.1) is 0 Å². The molecule has 0 bridgehead atoms. The van der Waals surface area contributed by atoms with Gasteiger partial charge in [-0.1, -0.05) is 26.0 Å². The molecule has 1 heterocycles. The Labute approximate surface area is 133 Å². The molecule has 1 fully saturated rings. The topological polar surface area (TPSA) is 44.4 Å². The van der Waals surface area contributed by atoms with Gasteiger partial charge < -0.3 is 10.6 Å². The number of nitrogens with one attached hydrogen (secondary N) is 2. The number of benzene rings is 1. The van der Waals surface area contributed by atoms with E-state index in [4.69, 9.17) is 0 Å². The van der Waals surface area contributed by atoms with Gasteiger partial charge in [-0.15, -0.1) is 12.4 Å². The lowest BCUT2D eigenvalue weighted by Gasteiger charge is -2.22. The molecule has 1 aromatic rings. The molecule has 21 heavy (non-hydrogen) atoms. The Balaban J connectivity index is 0.00000220. The number of hydrogen-bond acceptors (Lipinski definition) is 3. The minimum absolute atomic E-state index is 0. The zero-order chi connectivity index (χ0) is 14.5. The molecule has 2 N–H and O–H groups in total. The monoisotopic (exact) mass is 311 g/mol. The predicted octanol–water partition coefficient (Wildman–Crippen LogP) is 2.46. The van der Waals surface area contributed by atoms with E-state index in [0.717, 1.165) is 25.2 Å². The molecular weight excluding hydrogens is 286 g/mol. The summed E-state index contributed by atoms with van der Waals surface area (Å²) in [6.07, 6.45) is 1.12. The molecule has 5 heteroatoms. The third kappa shape index (κ3) is 5.30. The number of rotatable bonds is 5. The molecule has 4 nitrogen and oxygen atoms in total. The number of amides is 1. The van der Waals surface area contributed by atoms with E-state index in [0.29, 0.717) is 18.5 Å². The van der Waals surface area contributed by atoms with Gasteiger partial charge in [0, 0.05) is 18.3 Å². The van der Waals surface area contributed by atoms with E-state index in [2.05, 4.69) is 41.5 Å². The van der Waals surface area contributed by atoms with Crippen LogP contribution in [0.1, 0.15) is 31.7 Å². The van der Waals surface area contributed by atoms with Gasteiger partial charge in [0.15, 0.2) is 0 Å². The Morgan fingerprint density at radius 1 is 1.48 bits per heavy atom. The molecule has 1 amide bonds. The van der Waals surface area contributed by atoms with E-state index < -0.39 is 0 Å². The van der Waals surface area contributed by atoms with Crippen molar-refractivity contribution in [2.24, 2.45) is 0 Å². The van der Waals surface area contributed by atoms with E-state index >= 15 is 0 Å². The fourth-order valence-corrected chi connectivity index (χ4v) is 2.55. The average molecular weight is 312 g/mol. The summed E-state index contributed by atoms with van der Waals surface area (Å²) >= 11 is 0. The van der Waals surface area contributed by atoms with Crippen LogP contribution in [0.2, 0.25) is 0 Å². The van der Waals surface area contributed by atoms with Gasteiger partial charge in [-0.25, -0.2) is 0 Å². The second kappa shape index (κ2) is 8.37. The lowest BCUT2D eigenvalue weighted by Crippen LogP contribution is -2.39. The molecule has 0 saturated carbocycles. The van der Waals surface area contributed by atoms with Gasteiger partial charge in [-0.05, 0) is 43.6 Å². The van der Waals surface area contributed by atoms with Crippen molar-refractivity contribution in [3.05, 3.63) is 29.8 Å². The van der Waals surface area contributed by atoms with Gasteiger partial charge in [-0.3, -0.25) is 9.69 Å². The van der Waals surface area contributed by atoms with Crippen LogP contribution in [0.15, 0.2) is 24.3 Å². The normalized spacial score (nSPS) is 17.9. The third-order valence-electron chi connectivity index (χ3n) is 3.89. The summed E-state index contributed by atoms with van der Waals surface area (Å²) in [5.41, 5.74) is 2.13. The summed E-state index contributed by atoms with van der Waals surface area (Å²) in [6.45, 7) is 6.78. The highest BCUT2D eigenvalue weighted by Gasteiger charge is 2.20. The Hall–Kier alpha value is -1.10. The molecule has 1 aliphatic heterocycles. The van der Waals surface area contributed by atoms with E-state index in [1.165, 1.54) is 5.56 Å². The quantitative estimate of drug-likeness (QED) is 0.878. The molecule has 0 spiro atoms. The van der Waals surface area contributed by atoms with Crippen LogP contribution in [0.5, 0.6) is 0 Å². The van der Waals surface area contributed by atoms with Crippen LogP contribution in [-0.2, 0) is 4.79 Å². The highest BCUT2D eigenvalue weighted by Crippen LogP contribution is 2.18. The number of carbonyl (C=O) groups excluding carboxylic acids is 1. The predicted molar refractivity (Wildman–Crippen MR) is 90.3 cm³/mol. The first-order valence-corrected chi connectivity index (χ1v) is 7.37. The molecule has 0 radical (unpaired) electrons. The van der Waals surface area contributed by atoms with Crippen molar-refractivity contribution < 1.29 is 4.79 Å². The smallest absolute Gasteiger partial charge is 0.238 e. The van der Waals surface area contributed by atoms with Crippen molar-refractivity contribution in [3.63, 3.8) is 0 Å². The van der Waals surface area contributed by atoms with Crippen LogP contribution in [0.4, 0.5) is 5.69 Å². The number of hydrogen-bond donors (Lipinski definition) is 2. The number of anilines is 1. The summed E-state index contributed by atoms with van der Waals surface area (Å²) in [7, 11) is 2.02. The zero-order valence-electron chi connectivity index (χ0n) is 13.1. The van der Waals surface area contributed by atoms with Crippen molar-refractivity contribution in [1.82, 2.24) is 10.2 Å². The highest BCUT2D eigenvalue weighted by molar-refractivity contribution is 5.92. The summed E-state index contributed by atoms with van der Waals surface area (Å²) in [5.74, 6) is 0.527.